The highest BCUT2D eigenvalue weighted by Gasteiger charge is 2.60. The first-order valence-electron chi connectivity index (χ1n) is 10.7. The molecule has 32 heavy (non-hydrogen) atoms. The molecule has 0 unspecified atom stereocenters. The smallest absolute Gasteiger partial charge is 0.266 e. The summed E-state index contributed by atoms with van der Waals surface area (Å²) in [5.74, 6) is -1.18. The fraction of sp³-hybridized carbons (Fsp3) is 0.231. The van der Waals surface area contributed by atoms with Crippen molar-refractivity contribution in [3.63, 3.8) is 0 Å². The Kier molecular flexibility index (Phi) is 4.94. The van der Waals surface area contributed by atoms with Gasteiger partial charge in [0, 0.05) is 19.8 Å². The van der Waals surface area contributed by atoms with Crippen molar-refractivity contribution in [2.24, 2.45) is 5.92 Å². The van der Waals surface area contributed by atoms with Crippen molar-refractivity contribution in [1.82, 2.24) is 0 Å². The van der Waals surface area contributed by atoms with Gasteiger partial charge in [-0.2, -0.15) is 0 Å². The number of benzene rings is 3. The first-order valence-corrected chi connectivity index (χ1v) is 10.7. The van der Waals surface area contributed by atoms with Gasteiger partial charge in [-0.1, -0.05) is 42.5 Å². The minimum Gasteiger partial charge on any atom is -0.378 e. The van der Waals surface area contributed by atoms with Crippen molar-refractivity contribution in [2.45, 2.75) is 19.1 Å². The number of carbonyl (C=O) groups is 2. The predicted molar refractivity (Wildman–Crippen MR) is 124 cm³/mol. The summed E-state index contributed by atoms with van der Waals surface area (Å²) in [5, 5.41) is 1.73. The molecule has 0 aromatic heterocycles. The van der Waals surface area contributed by atoms with Crippen LogP contribution in [-0.2, 0) is 14.4 Å². The third-order valence-electron chi connectivity index (χ3n) is 6.14. The molecule has 0 radical (unpaired) electrons. The number of hydrogen-bond donors (Lipinski definition) is 0. The van der Waals surface area contributed by atoms with E-state index < -0.39 is 18.1 Å². The fourth-order valence-electron chi connectivity index (χ4n) is 4.54. The van der Waals surface area contributed by atoms with Crippen molar-refractivity contribution in [2.75, 3.05) is 29.0 Å². The number of anilines is 3. The molecule has 0 bridgehead atoms. The van der Waals surface area contributed by atoms with Crippen LogP contribution in [0.25, 0.3) is 0 Å². The highest BCUT2D eigenvalue weighted by atomic mass is 16.7. The lowest BCUT2D eigenvalue weighted by Crippen LogP contribution is -2.37. The third kappa shape index (κ3) is 3.24. The molecule has 2 aliphatic heterocycles. The molecule has 6 heteroatoms. The predicted octanol–water partition coefficient (Wildman–Crippen LogP) is 4.11. The van der Waals surface area contributed by atoms with Crippen LogP contribution < -0.4 is 14.9 Å². The van der Waals surface area contributed by atoms with E-state index in [4.69, 9.17) is 4.84 Å². The monoisotopic (exact) mass is 427 g/mol. The molecule has 0 aliphatic carbocycles. The van der Waals surface area contributed by atoms with Gasteiger partial charge in [0.15, 0.2) is 6.10 Å². The number of amides is 2. The van der Waals surface area contributed by atoms with Gasteiger partial charge in [0.25, 0.3) is 5.91 Å². The SMILES string of the molecule is Cc1cccc(N2C(=O)[C@@H]3[C@H](ON(c4ccccc4)[C@H]3c3ccc(N(C)C)cc3)C2=O)c1. The fourth-order valence-corrected chi connectivity index (χ4v) is 4.54. The van der Waals surface area contributed by atoms with E-state index in [9.17, 15) is 9.59 Å². The molecule has 0 N–H and O–H groups in total. The summed E-state index contributed by atoms with van der Waals surface area (Å²) in [6, 6.07) is 24.7. The van der Waals surface area contributed by atoms with Gasteiger partial charge in [-0.15, -0.1) is 0 Å². The maximum absolute atomic E-state index is 13.6. The molecule has 2 heterocycles. The Balaban J connectivity index is 1.57. The maximum Gasteiger partial charge on any atom is 0.266 e. The topological polar surface area (TPSA) is 53.1 Å². The first-order chi connectivity index (χ1) is 15.5. The van der Waals surface area contributed by atoms with Crippen molar-refractivity contribution < 1.29 is 14.4 Å². The lowest BCUT2D eigenvalue weighted by atomic mass is 9.90. The zero-order valence-electron chi connectivity index (χ0n) is 18.3. The summed E-state index contributed by atoms with van der Waals surface area (Å²) in [5.41, 5.74) is 4.38. The van der Waals surface area contributed by atoms with E-state index in [0.29, 0.717) is 5.69 Å². The van der Waals surface area contributed by atoms with Gasteiger partial charge in [0.1, 0.15) is 5.92 Å². The molecule has 0 spiro atoms. The number of carbonyl (C=O) groups excluding carboxylic acids is 2. The first kappa shape index (κ1) is 20.3. The molecule has 2 amide bonds. The van der Waals surface area contributed by atoms with Crippen LogP contribution in [0.3, 0.4) is 0 Å². The van der Waals surface area contributed by atoms with E-state index in [0.717, 1.165) is 22.5 Å². The van der Waals surface area contributed by atoms with Crippen LogP contribution in [0.4, 0.5) is 17.1 Å². The second-order valence-corrected chi connectivity index (χ2v) is 8.49. The van der Waals surface area contributed by atoms with Gasteiger partial charge in [0.2, 0.25) is 5.91 Å². The number of fused-ring (bicyclic) bond motifs is 1. The van der Waals surface area contributed by atoms with Crippen LogP contribution in [0.2, 0.25) is 0 Å². The molecule has 2 saturated heterocycles. The average Bonchev–Trinajstić information content (AvgIpc) is 3.30. The largest absolute Gasteiger partial charge is 0.378 e. The quantitative estimate of drug-likeness (QED) is 0.587. The zero-order chi connectivity index (χ0) is 22.4. The minimum absolute atomic E-state index is 0.231. The molecular formula is C26H25N3O3. The number of rotatable bonds is 4. The van der Waals surface area contributed by atoms with Gasteiger partial charge >= 0.3 is 0 Å². The number of aryl methyl sites for hydroxylation is 1. The molecule has 2 fully saturated rings. The molecule has 3 atom stereocenters. The molecule has 0 saturated carbocycles. The highest BCUT2D eigenvalue weighted by Crippen LogP contribution is 2.47. The Bertz CT molecular complexity index is 1160. The highest BCUT2D eigenvalue weighted by molar-refractivity contribution is 6.24. The Morgan fingerprint density at radius 1 is 0.812 bits per heavy atom. The Morgan fingerprint density at radius 3 is 2.16 bits per heavy atom. The number of nitrogens with zero attached hydrogens (tertiary/aromatic N) is 3. The van der Waals surface area contributed by atoms with Gasteiger partial charge < -0.3 is 4.90 Å². The molecule has 3 aromatic rings. The van der Waals surface area contributed by atoms with Gasteiger partial charge in [-0.3, -0.25) is 14.4 Å². The standard InChI is InChI=1S/C26H25N3O3/c1-17-8-7-11-21(16-17)28-25(30)22-23(18-12-14-19(15-13-18)27(2)3)29(32-24(22)26(28)31)20-9-5-4-6-10-20/h4-16,22-24H,1-3H3/t22-,23-,24-/m0/s1. The molecule has 162 valence electrons. The molecule has 6 nitrogen and oxygen atoms in total. The van der Waals surface area contributed by atoms with E-state index in [2.05, 4.69) is 0 Å². The lowest BCUT2D eigenvalue weighted by molar-refractivity contribution is -0.126. The van der Waals surface area contributed by atoms with Crippen LogP contribution in [0, 0.1) is 12.8 Å². The van der Waals surface area contributed by atoms with Gasteiger partial charge in [-0.25, -0.2) is 9.96 Å². The Labute approximate surface area is 187 Å². The Hall–Kier alpha value is -3.64. The second-order valence-electron chi connectivity index (χ2n) is 8.49. The van der Waals surface area contributed by atoms with E-state index in [-0.39, 0.29) is 11.8 Å². The van der Waals surface area contributed by atoms with Crippen LogP contribution in [0.5, 0.6) is 0 Å². The lowest BCUT2D eigenvalue weighted by Gasteiger charge is -2.29. The summed E-state index contributed by atoms with van der Waals surface area (Å²) in [4.78, 5) is 36.5. The Morgan fingerprint density at radius 2 is 1.50 bits per heavy atom. The number of para-hydroxylation sites is 1. The molecule has 2 aliphatic rings. The van der Waals surface area contributed by atoms with Crippen molar-refractivity contribution in [3.05, 3.63) is 90.0 Å². The number of hydrogen-bond acceptors (Lipinski definition) is 5. The molecular weight excluding hydrogens is 402 g/mol. The van der Waals surface area contributed by atoms with Crippen LogP contribution in [-0.4, -0.2) is 32.0 Å². The van der Waals surface area contributed by atoms with Crippen molar-refractivity contribution in [1.29, 1.82) is 0 Å². The number of imide groups is 1. The maximum atomic E-state index is 13.6. The van der Waals surface area contributed by atoms with Crippen molar-refractivity contribution in [3.8, 4) is 0 Å². The second kappa shape index (κ2) is 7.80. The minimum atomic E-state index is -0.859. The van der Waals surface area contributed by atoms with Crippen molar-refractivity contribution >= 4 is 28.9 Å². The zero-order valence-corrected chi connectivity index (χ0v) is 18.3. The summed E-state index contributed by atoms with van der Waals surface area (Å²) in [7, 11) is 3.97. The summed E-state index contributed by atoms with van der Waals surface area (Å²) >= 11 is 0. The third-order valence-corrected chi connectivity index (χ3v) is 6.14. The van der Waals surface area contributed by atoms with Gasteiger partial charge in [0.05, 0.1) is 17.4 Å². The molecule has 5 rings (SSSR count). The summed E-state index contributed by atoms with van der Waals surface area (Å²) in [6.07, 6.45) is -0.859. The van der Waals surface area contributed by atoms with E-state index in [1.54, 1.807) is 11.1 Å². The van der Waals surface area contributed by atoms with E-state index in [1.165, 1.54) is 4.90 Å². The summed E-state index contributed by atoms with van der Waals surface area (Å²) in [6.45, 7) is 1.94. The summed E-state index contributed by atoms with van der Waals surface area (Å²) < 4.78 is 0. The van der Waals surface area contributed by atoms with E-state index >= 15 is 0 Å². The van der Waals surface area contributed by atoms with Crippen LogP contribution in [0.1, 0.15) is 17.2 Å². The van der Waals surface area contributed by atoms with Gasteiger partial charge in [-0.05, 0) is 54.4 Å². The normalized spacial score (nSPS) is 22.4. The van der Waals surface area contributed by atoms with Crippen LogP contribution >= 0.6 is 0 Å². The number of hydroxylamine groups is 1. The van der Waals surface area contributed by atoms with E-state index in [1.807, 2.05) is 98.7 Å². The molecule has 3 aromatic carbocycles. The van der Waals surface area contributed by atoms with Crippen LogP contribution in [0.15, 0.2) is 78.9 Å². The average molecular weight is 428 g/mol.